The highest BCUT2D eigenvalue weighted by Gasteiger charge is 2.31. The summed E-state index contributed by atoms with van der Waals surface area (Å²) in [6, 6.07) is 7.43. The van der Waals surface area contributed by atoms with Crippen molar-refractivity contribution in [1.82, 2.24) is 15.8 Å². The molecule has 2 amide bonds. The molecule has 28 heavy (non-hydrogen) atoms. The Hall–Kier alpha value is -3.01. The first-order chi connectivity index (χ1) is 13.2. The van der Waals surface area contributed by atoms with Crippen LogP contribution in [0.2, 0.25) is 0 Å². The minimum absolute atomic E-state index is 0.0244. The maximum Gasteiger partial charge on any atom is 0.573 e. The molecule has 1 heterocycles. The molecule has 2 N–H and O–H groups in total. The Morgan fingerprint density at radius 3 is 2.18 bits per heavy atom. The molecule has 0 aliphatic heterocycles. The molecule has 1 aromatic heterocycles. The van der Waals surface area contributed by atoms with Gasteiger partial charge in [-0.25, -0.2) is 0 Å². The molecule has 2 aromatic rings. The first kappa shape index (κ1) is 21.3. The summed E-state index contributed by atoms with van der Waals surface area (Å²) < 4.78 is 45.5. The number of halogens is 3. The number of hydrazine groups is 1. The molecule has 0 aliphatic carbocycles. The largest absolute Gasteiger partial charge is 0.573 e. The monoisotopic (exact) mass is 399 g/mol. The molecule has 0 unspecified atom stereocenters. The van der Waals surface area contributed by atoms with Crippen LogP contribution in [0.4, 0.5) is 13.2 Å². The van der Waals surface area contributed by atoms with E-state index in [1.807, 2.05) is 13.8 Å². The van der Waals surface area contributed by atoms with E-state index in [9.17, 15) is 22.8 Å². The predicted molar refractivity (Wildman–Crippen MR) is 93.4 cm³/mol. The maximum absolute atomic E-state index is 12.1. The Morgan fingerprint density at radius 1 is 1.00 bits per heavy atom. The van der Waals surface area contributed by atoms with E-state index in [1.165, 1.54) is 6.07 Å². The van der Waals surface area contributed by atoms with Crippen LogP contribution in [0.25, 0.3) is 0 Å². The molecule has 0 spiro atoms. The zero-order chi connectivity index (χ0) is 20.7. The number of furan rings is 1. The van der Waals surface area contributed by atoms with E-state index in [0.29, 0.717) is 12.3 Å². The van der Waals surface area contributed by atoms with E-state index in [-0.39, 0.29) is 11.3 Å². The number of carbonyl (C=O) groups excluding carboxylic acids is 2. The zero-order valence-electron chi connectivity index (χ0n) is 15.3. The highest BCUT2D eigenvalue weighted by molar-refractivity contribution is 5.98. The smallest absolute Gasteiger partial charge is 0.454 e. The summed E-state index contributed by atoms with van der Waals surface area (Å²) >= 11 is 0. The van der Waals surface area contributed by atoms with Gasteiger partial charge in [0, 0.05) is 5.56 Å². The van der Waals surface area contributed by atoms with Crippen molar-refractivity contribution in [2.75, 3.05) is 13.1 Å². The van der Waals surface area contributed by atoms with E-state index >= 15 is 0 Å². The lowest BCUT2D eigenvalue weighted by molar-refractivity contribution is -0.274. The van der Waals surface area contributed by atoms with Gasteiger partial charge in [0.15, 0.2) is 5.76 Å². The summed E-state index contributed by atoms with van der Waals surface area (Å²) in [5.41, 5.74) is 4.39. The number of nitrogens with one attached hydrogen (secondary N) is 2. The molecule has 0 atom stereocenters. The number of hydrogen-bond donors (Lipinski definition) is 2. The Bertz CT molecular complexity index is 799. The first-order valence-electron chi connectivity index (χ1n) is 8.49. The van der Waals surface area contributed by atoms with E-state index < -0.39 is 23.9 Å². The van der Waals surface area contributed by atoms with Gasteiger partial charge in [0.05, 0.1) is 6.54 Å². The second kappa shape index (κ2) is 9.27. The highest BCUT2D eigenvalue weighted by atomic mass is 19.4. The summed E-state index contributed by atoms with van der Waals surface area (Å²) in [5.74, 6) is -1.18. The zero-order valence-corrected chi connectivity index (χ0v) is 15.3. The quantitative estimate of drug-likeness (QED) is 0.699. The van der Waals surface area contributed by atoms with Gasteiger partial charge < -0.3 is 9.15 Å². The van der Waals surface area contributed by atoms with Crippen LogP contribution in [0.1, 0.15) is 40.5 Å². The molecular weight excluding hydrogens is 379 g/mol. The van der Waals surface area contributed by atoms with Gasteiger partial charge in [-0.1, -0.05) is 13.8 Å². The lowest BCUT2D eigenvalue weighted by Gasteiger charge is -2.15. The van der Waals surface area contributed by atoms with Crippen LogP contribution in [0.15, 0.2) is 40.8 Å². The molecule has 0 saturated carbocycles. The minimum atomic E-state index is -4.81. The Labute approximate surface area is 159 Å². The summed E-state index contributed by atoms with van der Waals surface area (Å²) in [5, 5.41) is 0. The number of hydrogen-bond acceptors (Lipinski definition) is 5. The predicted octanol–water partition coefficient (Wildman–Crippen LogP) is 3.09. The Kier molecular flexibility index (Phi) is 7.05. The molecule has 2 rings (SSSR count). The lowest BCUT2D eigenvalue weighted by atomic mass is 10.2. The van der Waals surface area contributed by atoms with Crippen molar-refractivity contribution in [3.8, 4) is 5.75 Å². The summed E-state index contributed by atoms with van der Waals surface area (Å²) in [4.78, 5) is 26.1. The number of ether oxygens (including phenoxy) is 1. The SMILES string of the molecule is CCN(CC)Cc1ccc(C(=O)NNC(=O)c2ccc(OC(F)(F)F)cc2)o1. The van der Waals surface area contributed by atoms with Crippen LogP contribution in [0.5, 0.6) is 5.75 Å². The third-order valence-corrected chi connectivity index (χ3v) is 3.80. The number of amides is 2. The fourth-order valence-electron chi connectivity index (χ4n) is 2.31. The lowest BCUT2D eigenvalue weighted by Crippen LogP contribution is -2.41. The molecule has 1 aromatic carbocycles. The van der Waals surface area contributed by atoms with Gasteiger partial charge in [-0.05, 0) is 49.5 Å². The van der Waals surface area contributed by atoms with Crippen molar-refractivity contribution in [2.24, 2.45) is 0 Å². The summed E-state index contributed by atoms with van der Waals surface area (Å²) in [6.07, 6.45) is -4.81. The fourth-order valence-corrected chi connectivity index (χ4v) is 2.31. The van der Waals surface area contributed by atoms with E-state index in [1.54, 1.807) is 6.07 Å². The summed E-state index contributed by atoms with van der Waals surface area (Å²) in [7, 11) is 0. The first-order valence-corrected chi connectivity index (χ1v) is 8.49. The van der Waals surface area contributed by atoms with Gasteiger partial charge in [-0.3, -0.25) is 25.3 Å². The topological polar surface area (TPSA) is 83.8 Å². The fraction of sp³-hybridized carbons (Fsp3) is 0.333. The molecular formula is C18H20F3N3O4. The van der Waals surface area contributed by atoms with Crippen LogP contribution >= 0.6 is 0 Å². The van der Waals surface area contributed by atoms with Crippen molar-refractivity contribution < 1.29 is 31.9 Å². The second-order valence-electron chi connectivity index (χ2n) is 5.71. The van der Waals surface area contributed by atoms with Crippen LogP contribution in [0, 0.1) is 0 Å². The molecule has 0 aliphatic rings. The van der Waals surface area contributed by atoms with E-state index in [2.05, 4.69) is 20.5 Å². The van der Waals surface area contributed by atoms with Gasteiger partial charge in [0.2, 0.25) is 0 Å². The second-order valence-corrected chi connectivity index (χ2v) is 5.71. The number of benzene rings is 1. The van der Waals surface area contributed by atoms with Gasteiger partial charge in [0.1, 0.15) is 11.5 Å². The molecule has 0 radical (unpaired) electrons. The maximum atomic E-state index is 12.1. The van der Waals surface area contributed by atoms with Gasteiger partial charge in [-0.15, -0.1) is 13.2 Å². The third kappa shape index (κ3) is 6.31. The van der Waals surface area contributed by atoms with Crippen molar-refractivity contribution >= 4 is 11.8 Å². The number of nitrogens with zero attached hydrogens (tertiary/aromatic N) is 1. The van der Waals surface area contributed by atoms with Crippen LogP contribution in [-0.2, 0) is 6.54 Å². The molecule has 0 fully saturated rings. The number of alkyl halides is 3. The number of carbonyl (C=O) groups is 2. The average molecular weight is 399 g/mol. The minimum Gasteiger partial charge on any atom is -0.454 e. The molecule has 0 bridgehead atoms. The van der Waals surface area contributed by atoms with Crippen LogP contribution in [0.3, 0.4) is 0 Å². The van der Waals surface area contributed by atoms with Crippen molar-refractivity contribution in [2.45, 2.75) is 26.8 Å². The van der Waals surface area contributed by atoms with E-state index in [4.69, 9.17) is 4.42 Å². The van der Waals surface area contributed by atoms with Gasteiger partial charge in [0.25, 0.3) is 5.91 Å². The van der Waals surface area contributed by atoms with Crippen molar-refractivity contribution in [3.63, 3.8) is 0 Å². The molecule has 10 heteroatoms. The third-order valence-electron chi connectivity index (χ3n) is 3.80. The van der Waals surface area contributed by atoms with Crippen LogP contribution < -0.4 is 15.6 Å². The average Bonchev–Trinajstić information content (AvgIpc) is 3.12. The van der Waals surface area contributed by atoms with Crippen molar-refractivity contribution in [1.29, 1.82) is 0 Å². The standard InChI is InChI=1S/C18H20F3N3O4/c1-3-24(4-2)11-14-9-10-15(27-14)17(26)23-22-16(25)12-5-7-13(8-6-12)28-18(19,20)21/h5-10H,3-4,11H2,1-2H3,(H,22,25)(H,23,26). The molecule has 0 saturated heterocycles. The van der Waals surface area contributed by atoms with Gasteiger partial charge >= 0.3 is 12.3 Å². The van der Waals surface area contributed by atoms with Crippen LogP contribution in [-0.4, -0.2) is 36.2 Å². The Balaban J connectivity index is 1.88. The molecule has 7 nitrogen and oxygen atoms in total. The van der Waals surface area contributed by atoms with Crippen molar-refractivity contribution in [3.05, 3.63) is 53.5 Å². The number of rotatable bonds is 7. The summed E-state index contributed by atoms with van der Waals surface area (Å²) in [6.45, 7) is 6.25. The van der Waals surface area contributed by atoms with E-state index in [0.717, 1.165) is 37.4 Å². The molecule has 152 valence electrons. The van der Waals surface area contributed by atoms with Gasteiger partial charge in [-0.2, -0.15) is 0 Å². The normalized spacial score (nSPS) is 11.4. The highest BCUT2D eigenvalue weighted by Crippen LogP contribution is 2.22. The Morgan fingerprint density at radius 2 is 1.61 bits per heavy atom.